The quantitative estimate of drug-likeness (QED) is 0.321. The molecule has 2 aliphatic rings. The second-order valence-electron chi connectivity index (χ2n) is 11.6. The molecule has 1 N–H and O–H groups in total. The van der Waals surface area contributed by atoms with Gasteiger partial charge in [-0.15, -0.1) is 13.2 Å². The number of aromatic nitrogens is 3. The standard InChI is InChI=1S/C31H40F3N7O4/c1-3-6-28(42)25-19-35-41(22(25)2)23-9-11-40(12-10-23)36-30(44)26-20-39(27-8-5-4-7-24(26)27)21-29(43)38-15-13-37(14-16-38)17-18-45-31(32,33)34/h4-5,7-8,19-20,23H,3,6,9-18,21H2,1-2H3,(H,36,44). The van der Waals surface area contributed by atoms with Gasteiger partial charge in [-0.25, -0.2) is 5.01 Å². The van der Waals surface area contributed by atoms with Crippen LogP contribution >= 0.6 is 0 Å². The summed E-state index contributed by atoms with van der Waals surface area (Å²) in [5, 5.41) is 7.15. The van der Waals surface area contributed by atoms with Crippen LogP contribution in [0.1, 0.15) is 65.1 Å². The summed E-state index contributed by atoms with van der Waals surface area (Å²) in [6.45, 7) is 6.64. The maximum atomic E-state index is 13.5. The Morgan fingerprint density at radius 3 is 2.42 bits per heavy atom. The number of rotatable bonds is 11. The SMILES string of the molecule is CCCC(=O)c1cnn(C2CCN(NC(=O)c3cn(CC(=O)N4CCN(CCOC(F)(F)F)CC4)c4ccccc34)CC2)c1C. The Balaban J connectivity index is 1.16. The van der Waals surface area contributed by atoms with Crippen molar-refractivity contribution in [2.45, 2.75) is 58.5 Å². The Labute approximate surface area is 259 Å². The van der Waals surface area contributed by atoms with Gasteiger partial charge in [-0.1, -0.05) is 25.1 Å². The molecule has 2 amide bonds. The summed E-state index contributed by atoms with van der Waals surface area (Å²) in [5.74, 6) is -0.263. The van der Waals surface area contributed by atoms with Gasteiger partial charge in [0, 0.05) is 75.0 Å². The zero-order valence-corrected chi connectivity index (χ0v) is 25.7. The molecule has 0 radical (unpaired) electrons. The fourth-order valence-electron chi connectivity index (χ4n) is 6.17. The number of ketones is 1. The number of hydrogen-bond acceptors (Lipinski definition) is 7. The molecule has 0 saturated carbocycles. The van der Waals surface area contributed by atoms with E-state index in [-0.39, 0.29) is 36.7 Å². The highest BCUT2D eigenvalue weighted by molar-refractivity contribution is 6.07. The van der Waals surface area contributed by atoms with Crippen LogP contribution in [0.5, 0.6) is 0 Å². The van der Waals surface area contributed by atoms with Crippen LogP contribution in [0.2, 0.25) is 0 Å². The van der Waals surface area contributed by atoms with Crippen molar-refractivity contribution in [3.63, 3.8) is 0 Å². The Morgan fingerprint density at radius 1 is 1.02 bits per heavy atom. The summed E-state index contributed by atoms with van der Waals surface area (Å²) in [6.07, 6.45) is 1.56. The van der Waals surface area contributed by atoms with Crippen LogP contribution in [0.25, 0.3) is 10.9 Å². The molecule has 4 heterocycles. The molecular formula is C31H40F3N7O4. The van der Waals surface area contributed by atoms with Crippen molar-refractivity contribution in [2.24, 2.45) is 0 Å². The molecule has 3 aromatic rings. The molecule has 14 heteroatoms. The minimum Gasteiger partial charge on any atom is -0.339 e. The Kier molecular flexibility index (Phi) is 10.2. The van der Waals surface area contributed by atoms with E-state index in [1.165, 1.54) is 0 Å². The van der Waals surface area contributed by atoms with E-state index in [9.17, 15) is 27.6 Å². The van der Waals surface area contributed by atoms with Crippen molar-refractivity contribution < 1.29 is 32.3 Å². The third-order valence-electron chi connectivity index (χ3n) is 8.63. The van der Waals surface area contributed by atoms with Crippen LogP contribution in [0.15, 0.2) is 36.7 Å². The predicted molar refractivity (Wildman–Crippen MR) is 160 cm³/mol. The molecule has 0 atom stereocenters. The van der Waals surface area contributed by atoms with Gasteiger partial charge in [0.05, 0.1) is 30.0 Å². The minimum atomic E-state index is -4.65. The number of alkyl halides is 3. The summed E-state index contributed by atoms with van der Waals surface area (Å²) >= 11 is 0. The smallest absolute Gasteiger partial charge is 0.339 e. The summed E-state index contributed by atoms with van der Waals surface area (Å²) in [7, 11) is 0. The number of piperazine rings is 1. The fourth-order valence-corrected chi connectivity index (χ4v) is 6.17. The number of ether oxygens (including phenoxy) is 1. The van der Waals surface area contributed by atoms with Crippen LogP contribution < -0.4 is 5.43 Å². The van der Waals surface area contributed by atoms with Gasteiger partial charge in [-0.2, -0.15) is 5.10 Å². The lowest BCUT2D eigenvalue weighted by Gasteiger charge is -2.34. The first-order chi connectivity index (χ1) is 21.5. The van der Waals surface area contributed by atoms with Gasteiger partial charge in [0.2, 0.25) is 5.91 Å². The number of benzene rings is 1. The largest absolute Gasteiger partial charge is 0.522 e. The number of fused-ring (bicyclic) bond motifs is 1. The summed E-state index contributed by atoms with van der Waals surface area (Å²) in [4.78, 5) is 42.6. The third kappa shape index (κ3) is 7.92. The topological polar surface area (TPSA) is 105 Å². The molecular weight excluding hydrogens is 591 g/mol. The molecule has 0 unspecified atom stereocenters. The number of nitrogens with one attached hydrogen (secondary N) is 1. The lowest BCUT2D eigenvalue weighted by atomic mass is 10.0. The number of hydrogen-bond donors (Lipinski definition) is 1. The van der Waals surface area contributed by atoms with Crippen molar-refractivity contribution in [2.75, 3.05) is 52.4 Å². The third-order valence-corrected chi connectivity index (χ3v) is 8.63. The van der Waals surface area contributed by atoms with E-state index < -0.39 is 13.0 Å². The number of piperidine rings is 1. The highest BCUT2D eigenvalue weighted by atomic mass is 19.4. The number of hydrazine groups is 1. The second-order valence-corrected chi connectivity index (χ2v) is 11.6. The van der Waals surface area contributed by atoms with Crippen molar-refractivity contribution in [3.8, 4) is 0 Å². The maximum absolute atomic E-state index is 13.5. The predicted octanol–water partition coefficient (Wildman–Crippen LogP) is 3.79. The monoisotopic (exact) mass is 631 g/mol. The van der Waals surface area contributed by atoms with E-state index >= 15 is 0 Å². The molecule has 45 heavy (non-hydrogen) atoms. The van der Waals surface area contributed by atoms with E-state index in [1.807, 2.05) is 52.7 Å². The minimum absolute atomic E-state index is 0.0440. The Bertz CT molecular complexity index is 1500. The summed E-state index contributed by atoms with van der Waals surface area (Å²) < 4.78 is 44.3. The fraction of sp³-hybridized carbons (Fsp3) is 0.548. The van der Waals surface area contributed by atoms with Crippen LogP contribution in [-0.4, -0.2) is 106 Å². The molecule has 2 fully saturated rings. The number of amides is 2. The number of carbonyl (C=O) groups is 3. The average Bonchev–Trinajstić information content (AvgIpc) is 3.58. The van der Waals surface area contributed by atoms with E-state index in [1.54, 1.807) is 21.9 Å². The molecule has 244 valence electrons. The number of halogens is 3. The molecule has 0 spiro atoms. The molecule has 11 nitrogen and oxygen atoms in total. The first-order valence-electron chi connectivity index (χ1n) is 15.5. The van der Waals surface area contributed by atoms with Gasteiger partial charge in [0.1, 0.15) is 6.54 Å². The van der Waals surface area contributed by atoms with E-state index in [0.717, 1.165) is 35.9 Å². The van der Waals surface area contributed by atoms with Gasteiger partial charge in [0.25, 0.3) is 5.91 Å². The first kappa shape index (κ1) is 32.6. The van der Waals surface area contributed by atoms with Gasteiger partial charge in [-0.3, -0.25) is 34.1 Å². The molecule has 2 aromatic heterocycles. The summed E-state index contributed by atoms with van der Waals surface area (Å²) in [5.41, 5.74) is 5.83. The van der Waals surface area contributed by atoms with Crippen LogP contribution in [0.3, 0.4) is 0 Å². The molecule has 5 rings (SSSR count). The van der Waals surface area contributed by atoms with Crippen LogP contribution in [0, 0.1) is 6.92 Å². The first-order valence-corrected chi connectivity index (χ1v) is 15.5. The van der Waals surface area contributed by atoms with Gasteiger partial charge >= 0.3 is 6.36 Å². The zero-order chi connectivity index (χ0) is 32.1. The normalized spacial score (nSPS) is 17.2. The van der Waals surface area contributed by atoms with E-state index in [0.29, 0.717) is 56.8 Å². The van der Waals surface area contributed by atoms with Crippen LogP contribution in [-0.2, 0) is 16.1 Å². The van der Waals surface area contributed by atoms with E-state index in [2.05, 4.69) is 15.3 Å². The maximum Gasteiger partial charge on any atom is 0.522 e. The number of para-hydroxylation sites is 1. The number of Topliss-reactive ketones (excluding diaryl/α,β-unsaturated/α-hetero) is 1. The number of nitrogens with zero attached hydrogens (tertiary/aromatic N) is 6. The lowest BCUT2D eigenvalue weighted by molar-refractivity contribution is -0.325. The van der Waals surface area contributed by atoms with Gasteiger partial charge in [-0.05, 0) is 32.3 Å². The number of carbonyl (C=O) groups excluding carboxylic acids is 3. The van der Waals surface area contributed by atoms with Gasteiger partial charge in [0.15, 0.2) is 5.78 Å². The van der Waals surface area contributed by atoms with Crippen LogP contribution in [0.4, 0.5) is 13.2 Å². The highest BCUT2D eigenvalue weighted by Gasteiger charge is 2.30. The molecule has 2 saturated heterocycles. The Hall–Kier alpha value is -3.75. The van der Waals surface area contributed by atoms with Crippen molar-refractivity contribution >= 4 is 28.5 Å². The molecule has 0 bridgehead atoms. The van der Waals surface area contributed by atoms with Gasteiger partial charge < -0.3 is 9.47 Å². The van der Waals surface area contributed by atoms with Crippen molar-refractivity contribution in [1.29, 1.82) is 0 Å². The Morgan fingerprint density at radius 2 is 1.73 bits per heavy atom. The van der Waals surface area contributed by atoms with Crippen molar-refractivity contribution in [1.82, 2.24) is 34.6 Å². The highest BCUT2D eigenvalue weighted by Crippen LogP contribution is 2.26. The zero-order valence-electron chi connectivity index (χ0n) is 25.7. The molecule has 0 aliphatic carbocycles. The van der Waals surface area contributed by atoms with E-state index in [4.69, 9.17) is 0 Å². The lowest BCUT2D eigenvalue weighted by Crippen LogP contribution is -2.50. The summed E-state index contributed by atoms with van der Waals surface area (Å²) in [6, 6.07) is 7.58. The second kappa shape index (κ2) is 14.1. The van der Waals surface area contributed by atoms with Crippen molar-refractivity contribution in [3.05, 3.63) is 53.5 Å². The average molecular weight is 632 g/mol. The molecule has 1 aromatic carbocycles. The molecule has 2 aliphatic heterocycles.